The largest absolute Gasteiger partial charge is 0.465 e. The third-order valence-electron chi connectivity index (χ3n) is 3.70. The number of ether oxygens (including phenoxy) is 1. The number of carbonyl (C=O) groups excluding carboxylic acids is 1. The van der Waals surface area contributed by atoms with Gasteiger partial charge in [0.2, 0.25) is 0 Å². The summed E-state index contributed by atoms with van der Waals surface area (Å²) in [6.45, 7) is 13.2. The van der Waals surface area contributed by atoms with Crippen LogP contribution in [0.2, 0.25) is 0 Å². The first-order valence-electron chi connectivity index (χ1n) is 7.61. The predicted molar refractivity (Wildman–Crippen MR) is 78.2 cm³/mol. The minimum atomic E-state index is -0.149. The van der Waals surface area contributed by atoms with E-state index in [0.29, 0.717) is 12.0 Å². The van der Waals surface area contributed by atoms with Crippen molar-refractivity contribution in [3.05, 3.63) is 0 Å². The van der Waals surface area contributed by atoms with E-state index in [1.54, 1.807) is 0 Å². The molecule has 1 rings (SSSR count). The third-order valence-corrected chi connectivity index (χ3v) is 3.70. The number of rotatable bonds is 8. The van der Waals surface area contributed by atoms with Crippen molar-refractivity contribution in [2.24, 2.45) is 5.41 Å². The van der Waals surface area contributed by atoms with Crippen molar-refractivity contribution in [3.8, 4) is 0 Å². The molecule has 0 aromatic rings. The van der Waals surface area contributed by atoms with Crippen molar-refractivity contribution in [3.63, 3.8) is 0 Å². The number of nitrogens with zero attached hydrogens (tertiary/aromatic N) is 1. The molecule has 1 aliphatic heterocycles. The van der Waals surface area contributed by atoms with Gasteiger partial charge in [0, 0.05) is 13.1 Å². The minimum absolute atomic E-state index is 0.102. The quantitative estimate of drug-likeness (QED) is 0.685. The van der Waals surface area contributed by atoms with E-state index >= 15 is 0 Å². The van der Waals surface area contributed by atoms with Gasteiger partial charge in [-0.1, -0.05) is 20.8 Å². The van der Waals surface area contributed by atoms with E-state index in [-0.39, 0.29) is 12.0 Å². The van der Waals surface area contributed by atoms with Crippen LogP contribution >= 0.6 is 0 Å². The molecular weight excluding hydrogens is 240 g/mol. The average Bonchev–Trinajstić information content (AvgIpc) is 2.69. The highest BCUT2D eigenvalue weighted by molar-refractivity contribution is 5.75. The molecule has 0 aliphatic carbocycles. The molecule has 1 saturated heterocycles. The van der Waals surface area contributed by atoms with E-state index in [4.69, 9.17) is 4.74 Å². The van der Waals surface area contributed by atoms with Gasteiger partial charge in [0.15, 0.2) is 0 Å². The van der Waals surface area contributed by atoms with Gasteiger partial charge in [0.1, 0.15) is 6.04 Å². The third kappa shape index (κ3) is 5.91. The van der Waals surface area contributed by atoms with Crippen molar-refractivity contribution >= 4 is 5.97 Å². The summed E-state index contributed by atoms with van der Waals surface area (Å²) in [6.07, 6.45) is 3.13. The van der Waals surface area contributed by atoms with Crippen LogP contribution in [0, 0.1) is 5.41 Å². The number of likely N-dealkylation sites (tertiary alicyclic amines) is 1. The zero-order valence-corrected chi connectivity index (χ0v) is 13.0. The van der Waals surface area contributed by atoms with Gasteiger partial charge in [-0.2, -0.15) is 0 Å². The topological polar surface area (TPSA) is 41.6 Å². The van der Waals surface area contributed by atoms with Crippen LogP contribution in [0.15, 0.2) is 0 Å². The maximum absolute atomic E-state index is 11.9. The highest BCUT2D eigenvalue weighted by atomic mass is 16.5. The molecule has 0 amide bonds. The fourth-order valence-corrected chi connectivity index (χ4v) is 2.59. The van der Waals surface area contributed by atoms with Crippen molar-refractivity contribution in [2.75, 3.05) is 32.8 Å². The Labute approximate surface area is 117 Å². The van der Waals surface area contributed by atoms with Crippen LogP contribution in [0.5, 0.6) is 0 Å². The minimum Gasteiger partial charge on any atom is -0.465 e. The highest BCUT2D eigenvalue weighted by Gasteiger charge is 2.29. The fourth-order valence-electron chi connectivity index (χ4n) is 2.59. The summed E-state index contributed by atoms with van der Waals surface area (Å²) in [7, 11) is 0. The number of nitrogens with one attached hydrogen (secondary N) is 1. The normalized spacial score (nSPS) is 20.4. The maximum Gasteiger partial charge on any atom is 0.323 e. The predicted octanol–water partition coefficient (Wildman–Crippen LogP) is 2.04. The Balaban J connectivity index is 2.37. The standard InChI is InChI=1S/C15H30N2O2/c1-5-9-16-13(14(18)19-6-2)7-10-17-11-8-15(3,4)12-17/h13,16H,5-12H2,1-4H3. The van der Waals surface area contributed by atoms with Gasteiger partial charge in [0.25, 0.3) is 0 Å². The van der Waals surface area contributed by atoms with Crippen molar-refractivity contribution in [1.29, 1.82) is 0 Å². The maximum atomic E-state index is 11.9. The molecule has 1 N–H and O–H groups in total. The van der Waals surface area contributed by atoms with Crippen LogP contribution in [0.3, 0.4) is 0 Å². The van der Waals surface area contributed by atoms with Gasteiger partial charge in [-0.05, 0) is 44.7 Å². The molecule has 0 saturated carbocycles. The molecule has 112 valence electrons. The van der Waals surface area contributed by atoms with E-state index in [1.165, 1.54) is 6.42 Å². The Hall–Kier alpha value is -0.610. The van der Waals surface area contributed by atoms with Crippen molar-refractivity contribution in [2.45, 2.75) is 53.0 Å². The SMILES string of the molecule is CCCNC(CCN1CCC(C)(C)C1)C(=O)OCC. The lowest BCUT2D eigenvalue weighted by atomic mass is 9.93. The Kier molecular flexibility index (Phi) is 6.80. The molecule has 0 aromatic heterocycles. The van der Waals surface area contributed by atoms with E-state index < -0.39 is 0 Å². The summed E-state index contributed by atoms with van der Waals surface area (Å²) in [5, 5.41) is 3.30. The lowest BCUT2D eigenvalue weighted by molar-refractivity contribution is -0.145. The summed E-state index contributed by atoms with van der Waals surface area (Å²) in [5.41, 5.74) is 0.427. The van der Waals surface area contributed by atoms with Gasteiger partial charge in [0.05, 0.1) is 6.61 Å². The molecule has 0 bridgehead atoms. The molecule has 4 heteroatoms. The molecule has 0 radical (unpaired) electrons. The molecule has 4 nitrogen and oxygen atoms in total. The second-order valence-corrected chi connectivity index (χ2v) is 6.24. The van der Waals surface area contributed by atoms with Crippen LogP contribution < -0.4 is 5.32 Å². The van der Waals surface area contributed by atoms with Crippen LogP contribution in [0.25, 0.3) is 0 Å². The smallest absolute Gasteiger partial charge is 0.323 e. The van der Waals surface area contributed by atoms with Crippen LogP contribution in [0.1, 0.15) is 47.0 Å². The van der Waals surface area contributed by atoms with Crippen molar-refractivity contribution in [1.82, 2.24) is 10.2 Å². The summed E-state index contributed by atoms with van der Waals surface area (Å²) in [4.78, 5) is 14.3. The van der Waals surface area contributed by atoms with E-state index in [2.05, 4.69) is 31.0 Å². The Morgan fingerprint density at radius 1 is 1.42 bits per heavy atom. The zero-order chi connectivity index (χ0) is 14.3. The van der Waals surface area contributed by atoms with Crippen molar-refractivity contribution < 1.29 is 9.53 Å². The van der Waals surface area contributed by atoms with E-state index in [1.807, 2.05) is 6.92 Å². The first-order valence-corrected chi connectivity index (χ1v) is 7.61. The molecule has 1 unspecified atom stereocenters. The molecule has 19 heavy (non-hydrogen) atoms. The molecule has 1 atom stereocenters. The molecule has 1 aliphatic rings. The Morgan fingerprint density at radius 3 is 2.68 bits per heavy atom. The summed E-state index contributed by atoms with van der Waals surface area (Å²) in [5.74, 6) is -0.102. The van der Waals surface area contributed by atoms with Gasteiger partial charge in [-0.3, -0.25) is 4.79 Å². The fraction of sp³-hybridized carbons (Fsp3) is 0.933. The highest BCUT2D eigenvalue weighted by Crippen LogP contribution is 2.28. The first kappa shape index (κ1) is 16.4. The first-order chi connectivity index (χ1) is 8.98. The van der Waals surface area contributed by atoms with Crippen LogP contribution in [-0.4, -0.2) is 49.7 Å². The molecular formula is C15H30N2O2. The second-order valence-electron chi connectivity index (χ2n) is 6.24. The monoisotopic (exact) mass is 270 g/mol. The molecule has 0 aromatic carbocycles. The Morgan fingerprint density at radius 2 is 2.16 bits per heavy atom. The second kappa shape index (κ2) is 7.85. The lowest BCUT2D eigenvalue weighted by Crippen LogP contribution is -2.41. The van der Waals surface area contributed by atoms with Crippen LogP contribution in [0.4, 0.5) is 0 Å². The van der Waals surface area contributed by atoms with Gasteiger partial charge in [-0.25, -0.2) is 0 Å². The number of hydrogen-bond donors (Lipinski definition) is 1. The van der Waals surface area contributed by atoms with Crippen LogP contribution in [-0.2, 0) is 9.53 Å². The Bertz CT molecular complexity index is 279. The number of carbonyl (C=O) groups is 1. The molecule has 0 spiro atoms. The zero-order valence-electron chi connectivity index (χ0n) is 13.0. The summed E-state index contributed by atoms with van der Waals surface area (Å²) >= 11 is 0. The number of hydrogen-bond acceptors (Lipinski definition) is 4. The van der Waals surface area contributed by atoms with Gasteiger partial charge < -0.3 is 15.0 Å². The van der Waals surface area contributed by atoms with Gasteiger partial charge in [-0.15, -0.1) is 0 Å². The molecule has 1 heterocycles. The number of esters is 1. The van der Waals surface area contributed by atoms with E-state index in [0.717, 1.165) is 39.0 Å². The summed E-state index contributed by atoms with van der Waals surface area (Å²) in [6, 6.07) is -0.149. The summed E-state index contributed by atoms with van der Waals surface area (Å²) < 4.78 is 5.14. The van der Waals surface area contributed by atoms with E-state index in [9.17, 15) is 4.79 Å². The lowest BCUT2D eigenvalue weighted by Gasteiger charge is -2.22. The average molecular weight is 270 g/mol. The molecule has 1 fully saturated rings. The van der Waals surface area contributed by atoms with Gasteiger partial charge >= 0.3 is 5.97 Å².